The van der Waals surface area contributed by atoms with Crippen LogP contribution in [0, 0.1) is 10.1 Å². The predicted octanol–water partition coefficient (Wildman–Crippen LogP) is 7.45. The number of halogens is 4. The number of anilines is 1. The number of hydrogen-bond acceptors (Lipinski definition) is 5. The van der Waals surface area contributed by atoms with E-state index in [4.69, 9.17) is 16.3 Å². The molecule has 0 saturated heterocycles. The van der Waals surface area contributed by atoms with Gasteiger partial charge in [-0.3, -0.25) is 15.5 Å². The second-order valence-corrected chi connectivity index (χ2v) is 7.84. The van der Waals surface area contributed by atoms with Gasteiger partial charge in [0, 0.05) is 22.2 Å². The molecule has 0 amide bonds. The molecule has 0 bridgehead atoms. The highest BCUT2D eigenvalue weighted by Crippen LogP contribution is 2.35. The van der Waals surface area contributed by atoms with Crippen molar-refractivity contribution in [2.75, 3.05) is 5.43 Å². The minimum atomic E-state index is -4.70. The van der Waals surface area contributed by atoms with Crippen molar-refractivity contribution in [2.45, 2.75) is 12.8 Å². The van der Waals surface area contributed by atoms with Crippen LogP contribution in [0.2, 0.25) is 5.02 Å². The van der Waals surface area contributed by atoms with Gasteiger partial charge in [0.25, 0.3) is 5.69 Å². The van der Waals surface area contributed by atoms with E-state index in [-0.39, 0.29) is 12.3 Å². The molecule has 0 aliphatic rings. The average Bonchev–Trinajstić information content (AvgIpc) is 2.83. The third kappa shape index (κ3) is 5.52. The number of benzene rings is 4. The minimum Gasteiger partial charge on any atom is -0.488 e. The maximum atomic E-state index is 13.0. The molecule has 0 saturated carbocycles. The molecule has 10 heteroatoms. The Morgan fingerprint density at radius 3 is 2.51 bits per heavy atom. The SMILES string of the molecule is O=[N+]([O-])c1cc(C(F)(F)F)ccc1N/N=C\c1c(OCc2ccccc2Cl)ccc2ccccc12. The van der Waals surface area contributed by atoms with Gasteiger partial charge in [0.2, 0.25) is 0 Å². The van der Waals surface area contributed by atoms with E-state index in [1.807, 2.05) is 48.5 Å². The molecule has 4 aromatic carbocycles. The summed E-state index contributed by atoms with van der Waals surface area (Å²) < 4.78 is 44.9. The lowest BCUT2D eigenvalue weighted by Crippen LogP contribution is -2.07. The fraction of sp³-hybridized carbons (Fsp3) is 0.0800. The summed E-state index contributed by atoms with van der Waals surface area (Å²) in [5.41, 5.74) is 1.79. The number of nitrogens with one attached hydrogen (secondary N) is 1. The zero-order valence-electron chi connectivity index (χ0n) is 17.9. The van der Waals surface area contributed by atoms with E-state index in [2.05, 4.69) is 10.5 Å². The molecule has 0 atom stereocenters. The van der Waals surface area contributed by atoms with Crippen LogP contribution in [0.1, 0.15) is 16.7 Å². The number of nitro groups is 1. The Kier molecular flexibility index (Phi) is 6.88. The largest absolute Gasteiger partial charge is 0.488 e. The Bertz CT molecular complexity index is 1420. The highest BCUT2D eigenvalue weighted by Gasteiger charge is 2.33. The van der Waals surface area contributed by atoms with E-state index in [0.717, 1.165) is 28.5 Å². The summed E-state index contributed by atoms with van der Waals surface area (Å²) in [5, 5.41) is 17.6. The molecule has 0 aliphatic heterocycles. The number of alkyl halides is 3. The summed E-state index contributed by atoms with van der Waals surface area (Å²) in [6, 6.07) is 20.5. The molecule has 0 heterocycles. The van der Waals surface area contributed by atoms with Gasteiger partial charge in [-0.2, -0.15) is 18.3 Å². The van der Waals surface area contributed by atoms with Crippen LogP contribution in [0.5, 0.6) is 5.75 Å². The minimum absolute atomic E-state index is 0.182. The van der Waals surface area contributed by atoms with Crippen molar-refractivity contribution in [3.63, 3.8) is 0 Å². The Balaban J connectivity index is 1.65. The number of hydrazone groups is 1. The molecule has 4 aromatic rings. The molecule has 0 fully saturated rings. The van der Waals surface area contributed by atoms with Gasteiger partial charge >= 0.3 is 6.18 Å². The summed E-state index contributed by atoms with van der Waals surface area (Å²) in [6.07, 6.45) is -3.30. The average molecular weight is 500 g/mol. The van der Waals surface area contributed by atoms with Gasteiger partial charge in [-0.1, -0.05) is 60.1 Å². The summed E-state index contributed by atoms with van der Waals surface area (Å²) in [6.45, 7) is 0.191. The van der Waals surface area contributed by atoms with E-state index >= 15 is 0 Å². The Morgan fingerprint density at radius 1 is 1.03 bits per heavy atom. The molecular weight excluding hydrogens is 483 g/mol. The second-order valence-electron chi connectivity index (χ2n) is 7.44. The van der Waals surface area contributed by atoms with Crippen LogP contribution in [0.4, 0.5) is 24.5 Å². The van der Waals surface area contributed by atoms with Crippen molar-refractivity contribution in [2.24, 2.45) is 5.10 Å². The number of hydrogen-bond donors (Lipinski definition) is 1. The first-order valence-electron chi connectivity index (χ1n) is 10.3. The third-order valence-corrected chi connectivity index (χ3v) is 5.54. The van der Waals surface area contributed by atoms with E-state index < -0.39 is 22.4 Å². The lowest BCUT2D eigenvalue weighted by Gasteiger charge is -2.13. The van der Waals surface area contributed by atoms with Gasteiger partial charge < -0.3 is 4.74 Å². The summed E-state index contributed by atoms with van der Waals surface area (Å²) in [4.78, 5) is 10.4. The molecular formula is C25H17ClF3N3O3. The van der Waals surface area contributed by atoms with Crippen LogP contribution >= 0.6 is 11.6 Å². The van der Waals surface area contributed by atoms with Crippen molar-refractivity contribution in [3.8, 4) is 5.75 Å². The van der Waals surface area contributed by atoms with Crippen molar-refractivity contribution in [1.82, 2.24) is 0 Å². The molecule has 1 N–H and O–H groups in total. The van der Waals surface area contributed by atoms with Crippen molar-refractivity contribution >= 4 is 40.0 Å². The molecule has 35 heavy (non-hydrogen) atoms. The van der Waals surface area contributed by atoms with Gasteiger partial charge in [-0.15, -0.1) is 0 Å². The van der Waals surface area contributed by atoms with Crippen LogP contribution in [0.3, 0.4) is 0 Å². The molecule has 4 rings (SSSR count). The molecule has 178 valence electrons. The first-order chi connectivity index (χ1) is 16.7. The van der Waals surface area contributed by atoms with Crippen LogP contribution in [0.25, 0.3) is 10.8 Å². The molecule has 0 radical (unpaired) electrons. The van der Waals surface area contributed by atoms with E-state index in [1.54, 1.807) is 12.1 Å². The van der Waals surface area contributed by atoms with Gasteiger partial charge in [0.1, 0.15) is 18.0 Å². The number of rotatable bonds is 7. The highest BCUT2D eigenvalue weighted by atomic mass is 35.5. The maximum absolute atomic E-state index is 13.0. The second kappa shape index (κ2) is 10.0. The monoisotopic (exact) mass is 499 g/mol. The van der Waals surface area contributed by atoms with Gasteiger partial charge in [-0.25, -0.2) is 0 Å². The van der Waals surface area contributed by atoms with E-state index in [0.29, 0.717) is 22.4 Å². The van der Waals surface area contributed by atoms with Crippen LogP contribution < -0.4 is 10.2 Å². The third-order valence-electron chi connectivity index (χ3n) is 5.17. The summed E-state index contributed by atoms with van der Waals surface area (Å²) in [7, 11) is 0. The predicted molar refractivity (Wildman–Crippen MR) is 129 cm³/mol. The van der Waals surface area contributed by atoms with E-state index in [1.165, 1.54) is 6.21 Å². The Hall–Kier alpha value is -4.11. The topological polar surface area (TPSA) is 76.8 Å². The number of nitro benzene ring substituents is 1. The van der Waals surface area contributed by atoms with Gasteiger partial charge in [-0.05, 0) is 35.0 Å². The molecule has 0 spiro atoms. The Labute approximate surface area is 202 Å². The smallest absolute Gasteiger partial charge is 0.416 e. The lowest BCUT2D eigenvalue weighted by atomic mass is 10.0. The summed E-state index contributed by atoms with van der Waals surface area (Å²) in [5.74, 6) is 0.482. The highest BCUT2D eigenvalue weighted by molar-refractivity contribution is 6.31. The first-order valence-corrected chi connectivity index (χ1v) is 10.6. The lowest BCUT2D eigenvalue weighted by molar-refractivity contribution is -0.384. The fourth-order valence-corrected chi connectivity index (χ4v) is 3.62. The van der Waals surface area contributed by atoms with Gasteiger partial charge in [0.05, 0.1) is 16.7 Å². The van der Waals surface area contributed by atoms with Crippen molar-refractivity contribution in [3.05, 3.63) is 111 Å². The standard InChI is InChI=1S/C25H17ClF3N3O3/c26-21-8-4-2-6-17(21)15-35-24-12-9-16-5-1-3-7-19(16)20(24)14-30-31-22-11-10-18(25(27,28)29)13-23(22)32(33)34/h1-14,31H,15H2/b30-14-. The van der Waals surface area contributed by atoms with Crippen LogP contribution in [0.15, 0.2) is 84.0 Å². The number of ether oxygens (including phenoxy) is 1. The Morgan fingerprint density at radius 2 is 1.77 bits per heavy atom. The fourth-order valence-electron chi connectivity index (χ4n) is 3.43. The zero-order chi connectivity index (χ0) is 25.0. The quantitative estimate of drug-likeness (QED) is 0.163. The number of nitrogens with zero attached hydrogens (tertiary/aromatic N) is 2. The normalized spacial score (nSPS) is 11.7. The van der Waals surface area contributed by atoms with Crippen LogP contribution in [-0.2, 0) is 12.8 Å². The van der Waals surface area contributed by atoms with Crippen molar-refractivity contribution in [1.29, 1.82) is 0 Å². The molecule has 6 nitrogen and oxygen atoms in total. The summed E-state index contributed by atoms with van der Waals surface area (Å²) >= 11 is 6.21. The maximum Gasteiger partial charge on any atom is 0.416 e. The molecule has 0 unspecified atom stereocenters. The first kappa shape index (κ1) is 24.0. The zero-order valence-corrected chi connectivity index (χ0v) is 18.7. The van der Waals surface area contributed by atoms with Crippen molar-refractivity contribution < 1.29 is 22.8 Å². The van der Waals surface area contributed by atoms with Crippen LogP contribution in [-0.4, -0.2) is 11.1 Å². The molecule has 0 aromatic heterocycles. The molecule has 0 aliphatic carbocycles. The van der Waals surface area contributed by atoms with E-state index in [9.17, 15) is 23.3 Å². The number of fused-ring (bicyclic) bond motifs is 1. The van der Waals surface area contributed by atoms with Gasteiger partial charge in [0.15, 0.2) is 0 Å².